The largest absolute Gasteiger partial charge is 0.439 e. The van der Waals surface area contributed by atoms with Crippen LogP contribution in [0.25, 0.3) is 0 Å². The Morgan fingerprint density at radius 3 is 2.68 bits per heavy atom. The molecule has 3 aromatic rings. The van der Waals surface area contributed by atoms with Crippen LogP contribution in [0.1, 0.15) is 39.5 Å². The van der Waals surface area contributed by atoms with Gasteiger partial charge in [0.2, 0.25) is 11.8 Å². The van der Waals surface area contributed by atoms with E-state index < -0.39 is 5.91 Å². The van der Waals surface area contributed by atoms with Crippen molar-refractivity contribution in [2.24, 2.45) is 5.73 Å². The predicted molar refractivity (Wildman–Crippen MR) is 108 cm³/mol. The molecule has 2 aromatic carbocycles. The van der Waals surface area contributed by atoms with Crippen LogP contribution in [-0.2, 0) is 12.8 Å². The lowest BCUT2D eigenvalue weighted by atomic mass is 10.1. The van der Waals surface area contributed by atoms with E-state index in [0.717, 1.165) is 19.4 Å². The van der Waals surface area contributed by atoms with Gasteiger partial charge in [0.25, 0.3) is 0 Å². The number of rotatable bonds is 7. The molecule has 5 heteroatoms. The van der Waals surface area contributed by atoms with E-state index in [0.29, 0.717) is 23.2 Å². The molecule has 1 aliphatic rings. The molecule has 1 unspecified atom stereocenters. The number of fused-ring (bicyclic) bond motifs is 1. The van der Waals surface area contributed by atoms with E-state index >= 15 is 0 Å². The molecule has 0 saturated heterocycles. The number of aryl methyl sites for hydroxylation is 1. The first-order chi connectivity index (χ1) is 13.7. The van der Waals surface area contributed by atoms with Crippen molar-refractivity contribution in [1.29, 1.82) is 0 Å². The summed E-state index contributed by atoms with van der Waals surface area (Å²) in [4.78, 5) is 15.2. The summed E-state index contributed by atoms with van der Waals surface area (Å²) in [5.74, 6) is 0.637. The minimum Gasteiger partial charge on any atom is -0.439 e. The fraction of sp³-hybridized carbons (Fsp3) is 0.217. The van der Waals surface area contributed by atoms with Crippen LogP contribution in [0.5, 0.6) is 11.6 Å². The second-order valence-electron chi connectivity index (χ2n) is 6.99. The Morgan fingerprint density at radius 1 is 1.11 bits per heavy atom. The van der Waals surface area contributed by atoms with Gasteiger partial charge < -0.3 is 15.8 Å². The van der Waals surface area contributed by atoms with Crippen molar-refractivity contribution in [1.82, 2.24) is 10.3 Å². The first-order valence-electron chi connectivity index (χ1n) is 9.53. The van der Waals surface area contributed by atoms with Crippen molar-refractivity contribution >= 4 is 5.91 Å². The molecule has 1 aliphatic carbocycles. The SMILES string of the molecule is NC(=O)c1ccc(Oc2ccc(CCNC3CCc4ccccc43)cc2)nc1. The molecule has 1 amide bonds. The summed E-state index contributed by atoms with van der Waals surface area (Å²) in [6.07, 6.45) is 4.71. The molecule has 0 aliphatic heterocycles. The molecule has 3 N–H and O–H groups in total. The van der Waals surface area contributed by atoms with Gasteiger partial charge in [-0.05, 0) is 60.7 Å². The summed E-state index contributed by atoms with van der Waals surface area (Å²) in [5, 5.41) is 3.68. The van der Waals surface area contributed by atoms with Crippen molar-refractivity contribution < 1.29 is 9.53 Å². The fourth-order valence-corrected chi connectivity index (χ4v) is 3.59. The van der Waals surface area contributed by atoms with Gasteiger partial charge in [0.15, 0.2) is 0 Å². The summed E-state index contributed by atoms with van der Waals surface area (Å²) in [6.45, 7) is 0.940. The molecule has 0 radical (unpaired) electrons. The van der Waals surface area contributed by atoms with E-state index in [2.05, 4.69) is 46.7 Å². The van der Waals surface area contributed by atoms with Crippen molar-refractivity contribution in [3.05, 3.63) is 89.1 Å². The average Bonchev–Trinajstić information content (AvgIpc) is 3.13. The third kappa shape index (κ3) is 4.21. The van der Waals surface area contributed by atoms with E-state index in [1.165, 1.54) is 29.3 Å². The number of carbonyl (C=O) groups is 1. The van der Waals surface area contributed by atoms with Gasteiger partial charge in [-0.2, -0.15) is 0 Å². The second kappa shape index (κ2) is 8.23. The Hall–Kier alpha value is -3.18. The number of hydrogen-bond donors (Lipinski definition) is 2. The summed E-state index contributed by atoms with van der Waals surface area (Å²) in [5.41, 5.74) is 9.74. The highest BCUT2D eigenvalue weighted by molar-refractivity contribution is 5.92. The van der Waals surface area contributed by atoms with Gasteiger partial charge in [0.05, 0.1) is 5.56 Å². The van der Waals surface area contributed by atoms with Crippen LogP contribution in [0.4, 0.5) is 0 Å². The third-order valence-corrected chi connectivity index (χ3v) is 5.10. The van der Waals surface area contributed by atoms with Crippen LogP contribution in [0, 0.1) is 0 Å². The number of amides is 1. The lowest BCUT2D eigenvalue weighted by Crippen LogP contribution is -2.21. The first-order valence-corrected chi connectivity index (χ1v) is 9.53. The van der Waals surface area contributed by atoms with Crippen LogP contribution in [-0.4, -0.2) is 17.4 Å². The highest BCUT2D eigenvalue weighted by Gasteiger charge is 2.20. The molecule has 1 atom stereocenters. The highest BCUT2D eigenvalue weighted by Crippen LogP contribution is 2.30. The quantitative estimate of drug-likeness (QED) is 0.660. The molecule has 1 aromatic heterocycles. The number of primary amides is 1. The van der Waals surface area contributed by atoms with Gasteiger partial charge in [-0.25, -0.2) is 4.98 Å². The maximum atomic E-state index is 11.1. The Balaban J connectivity index is 1.28. The molecule has 0 spiro atoms. The van der Waals surface area contributed by atoms with E-state index in [4.69, 9.17) is 10.5 Å². The zero-order valence-corrected chi connectivity index (χ0v) is 15.6. The molecule has 0 saturated carbocycles. The number of benzene rings is 2. The first kappa shape index (κ1) is 18.2. The van der Waals surface area contributed by atoms with Gasteiger partial charge in [0, 0.05) is 18.3 Å². The Morgan fingerprint density at radius 2 is 1.93 bits per heavy atom. The monoisotopic (exact) mass is 373 g/mol. The van der Waals surface area contributed by atoms with Crippen molar-refractivity contribution in [2.45, 2.75) is 25.3 Å². The Labute approximate surface area is 164 Å². The Kier molecular flexibility index (Phi) is 5.35. The topological polar surface area (TPSA) is 77.2 Å². The molecule has 142 valence electrons. The number of pyridine rings is 1. The summed E-state index contributed by atoms with van der Waals surface area (Å²) >= 11 is 0. The Bertz CT molecular complexity index is 952. The normalized spacial score (nSPS) is 15.2. The lowest BCUT2D eigenvalue weighted by molar-refractivity contribution is 0.1000. The van der Waals surface area contributed by atoms with Crippen LogP contribution in [0.3, 0.4) is 0 Å². The standard InChI is InChI=1S/C23H23N3O2/c24-23(27)18-8-12-22(26-15-18)28-19-9-5-16(6-10-19)13-14-25-21-11-7-17-3-1-2-4-20(17)21/h1-6,8-10,12,15,21,25H,7,11,13-14H2,(H2,24,27). The summed E-state index contributed by atoms with van der Waals surface area (Å²) in [7, 11) is 0. The molecule has 1 heterocycles. The molecule has 5 nitrogen and oxygen atoms in total. The van der Waals surface area contributed by atoms with Crippen molar-refractivity contribution in [3.8, 4) is 11.6 Å². The second-order valence-corrected chi connectivity index (χ2v) is 6.99. The summed E-state index contributed by atoms with van der Waals surface area (Å²) in [6, 6.07) is 20.4. The van der Waals surface area contributed by atoms with Gasteiger partial charge in [-0.1, -0.05) is 36.4 Å². The minimum atomic E-state index is -0.502. The number of aromatic nitrogens is 1. The fourth-order valence-electron chi connectivity index (χ4n) is 3.59. The van der Waals surface area contributed by atoms with E-state index in [1.807, 2.05) is 12.1 Å². The molecule has 4 rings (SSSR count). The number of nitrogens with one attached hydrogen (secondary N) is 1. The number of nitrogens with zero attached hydrogens (tertiary/aromatic N) is 1. The lowest BCUT2D eigenvalue weighted by Gasteiger charge is -2.14. The predicted octanol–water partition coefficient (Wildman–Crippen LogP) is 3.79. The smallest absolute Gasteiger partial charge is 0.250 e. The molecule has 28 heavy (non-hydrogen) atoms. The van der Waals surface area contributed by atoms with E-state index in [9.17, 15) is 4.79 Å². The minimum absolute atomic E-state index is 0.361. The van der Waals surface area contributed by atoms with Gasteiger partial charge >= 0.3 is 0 Å². The molecular weight excluding hydrogens is 350 g/mol. The number of nitrogens with two attached hydrogens (primary N) is 1. The molecule has 0 bridgehead atoms. The maximum absolute atomic E-state index is 11.1. The third-order valence-electron chi connectivity index (χ3n) is 5.10. The van der Waals surface area contributed by atoms with Crippen LogP contribution < -0.4 is 15.8 Å². The van der Waals surface area contributed by atoms with E-state index in [1.54, 1.807) is 12.1 Å². The van der Waals surface area contributed by atoms with Crippen LogP contribution in [0.2, 0.25) is 0 Å². The van der Waals surface area contributed by atoms with Gasteiger partial charge in [-0.3, -0.25) is 4.79 Å². The van der Waals surface area contributed by atoms with Crippen LogP contribution in [0.15, 0.2) is 66.9 Å². The number of ether oxygens (including phenoxy) is 1. The maximum Gasteiger partial charge on any atom is 0.250 e. The number of hydrogen-bond acceptors (Lipinski definition) is 4. The van der Waals surface area contributed by atoms with E-state index in [-0.39, 0.29) is 0 Å². The van der Waals surface area contributed by atoms with Crippen LogP contribution >= 0.6 is 0 Å². The zero-order chi connectivity index (χ0) is 19.3. The van der Waals surface area contributed by atoms with Crippen molar-refractivity contribution in [2.75, 3.05) is 6.54 Å². The highest BCUT2D eigenvalue weighted by atomic mass is 16.5. The average molecular weight is 373 g/mol. The summed E-state index contributed by atoms with van der Waals surface area (Å²) < 4.78 is 5.71. The molecule has 0 fully saturated rings. The molecular formula is C23H23N3O2. The van der Waals surface area contributed by atoms with Gasteiger partial charge in [-0.15, -0.1) is 0 Å². The van der Waals surface area contributed by atoms with Crippen molar-refractivity contribution in [3.63, 3.8) is 0 Å². The van der Waals surface area contributed by atoms with Gasteiger partial charge in [0.1, 0.15) is 5.75 Å². The number of carbonyl (C=O) groups excluding carboxylic acids is 1. The zero-order valence-electron chi connectivity index (χ0n) is 15.6.